The van der Waals surface area contributed by atoms with Gasteiger partial charge in [0.25, 0.3) is 0 Å². The summed E-state index contributed by atoms with van der Waals surface area (Å²) >= 11 is 5.99. The molecular weight excluding hydrogens is 226 g/mol. The van der Waals surface area contributed by atoms with Gasteiger partial charge in [-0.15, -0.1) is 0 Å². The first-order chi connectivity index (χ1) is 7.61. The summed E-state index contributed by atoms with van der Waals surface area (Å²) < 4.78 is 5.10. The zero-order valence-electron chi connectivity index (χ0n) is 8.62. The number of nitrogen functional groups attached to an aromatic ring is 1. The van der Waals surface area contributed by atoms with E-state index >= 15 is 0 Å². The lowest BCUT2D eigenvalue weighted by atomic mass is 10.2. The predicted octanol–water partition coefficient (Wildman–Crippen LogP) is 2.18. The van der Waals surface area contributed by atoms with Gasteiger partial charge in [-0.25, -0.2) is 4.98 Å². The topological polar surface area (TPSA) is 72.0 Å². The van der Waals surface area contributed by atoms with Crippen LogP contribution in [0.25, 0.3) is 10.9 Å². The van der Waals surface area contributed by atoms with E-state index in [2.05, 4.69) is 4.98 Å². The van der Waals surface area contributed by atoms with Crippen molar-refractivity contribution in [2.75, 3.05) is 7.11 Å². The second kappa shape index (κ2) is 3.98. The van der Waals surface area contributed by atoms with Gasteiger partial charge in [0.15, 0.2) is 0 Å². The number of ether oxygens (including phenoxy) is 1. The highest BCUT2D eigenvalue weighted by molar-refractivity contribution is 6.32. The molecule has 0 spiro atoms. The molecule has 0 fully saturated rings. The first kappa shape index (κ1) is 10.7. The molecule has 4 nitrogen and oxygen atoms in total. The van der Waals surface area contributed by atoms with Crippen LogP contribution in [0.2, 0.25) is 5.02 Å². The van der Waals surface area contributed by atoms with Crippen LogP contribution < -0.4 is 10.5 Å². The average Bonchev–Trinajstić information content (AvgIpc) is 2.27. The third kappa shape index (κ3) is 1.79. The number of halogens is 1. The number of hydrogen-bond acceptors (Lipinski definition) is 3. The van der Waals surface area contributed by atoms with Crippen molar-refractivity contribution in [3.63, 3.8) is 0 Å². The molecule has 1 heterocycles. The molecule has 2 rings (SSSR count). The van der Waals surface area contributed by atoms with Crippen LogP contribution in [0.1, 0.15) is 5.69 Å². The summed E-state index contributed by atoms with van der Waals surface area (Å²) in [6.07, 6.45) is 0. The van der Waals surface area contributed by atoms with E-state index in [1.54, 1.807) is 25.3 Å². The number of amidine groups is 1. The third-order valence-corrected chi connectivity index (χ3v) is 2.53. The molecule has 1 aromatic carbocycles. The maximum absolute atomic E-state index is 7.30. The highest BCUT2D eigenvalue weighted by atomic mass is 35.5. The molecule has 0 atom stereocenters. The minimum Gasteiger partial charge on any atom is -0.495 e. The lowest BCUT2D eigenvalue weighted by molar-refractivity contribution is 0.415. The fourth-order valence-electron chi connectivity index (χ4n) is 1.43. The van der Waals surface area contributed by atoms with Crippen LogP contribution in [0.15, 0.2) is 24.3 Å². The standard InChI is InChI=1S/C11H10ClN3O/c1-16-10-4-6-2-3-8(11(13)14)15-9(6)5-7(10)12/h2-5H,1H3,(H3,13,14). The van der Waals surface area contributed by atoms with E-state index in [1.165, 1.54) is 0 Å². The van der Waals surface area contributed by atoms with E-state index in [0.29, 0.717) is 22.0 Å². The maximum Gasteiger partial charge on any atom is 0.141 e. The molecule has 0 aliphatic carbocycles. The van der Waals surface area contributed by atoms with Gasteiger partial charge in [-0.2, -0.15) is 0 Å². The Balaban J connectivity index is 2.66. The van der Waals surface area contributed by atoms with Gasteiger partial charge in [0.05, 0.1) is 17.6 Å². The number of nitrogens with one attached hydrogen (secondary N) is 1. The zero-order valence-corrected chi connectivity index (χ0v) is 9.38. The second-order valence-electron chi connectivity index (χ2n) is 3.29. The molecular formula is C11H10ClN3O. The predicted molar refractivity (Wildman–Crippen MR) is 64.3 cm³/mol. The van der Waals surface area contributed by atoms with Gasteiger partial charge >= 0.3 is 0 Å². The number of hydrogen-bond donors (Lipinski definition) is 2. The van der Waals surface area contributed by atoms with Crippen molar-refractivity contribution in [1.29, 1.82) is 5.41 Å². The van der Waals surface area contributed by atoms with Crippen LogP contribution in [-0.2, 0) is 0 Å². The van der Waals surface area contributed by atoms with Crippen molar-refractivity contribution in [2.24, 2.45) is 5.73 Å². The van der Waals surface area contributed by atoms with Crippen LogP contribution in [0.5, 0.6) is 5.75 Å². The summed E-state index contributed by atoms with van der Waals surface area (Å²) in [5.41, 5.74) is 6.49. The molecule has 0 saturated heterocycles. The molecule has 0 aliphatic heterocycles. The quantitative estimate of drug-likeness (QED) is 0.619. The molecule has 0 unspecified atom stereocenters. The highest BCUT2D eigenvalue weighted by Crippen LogP contribution is 2.28. The van der Waals surface area contributed by atoms with E-state index in [4.69, 9.17) is 27.5 Å². The largest absolute Gasteiger partial charge is 0.495 e. The van der Waals surface area contributed by atoms with Gasteiger partial charge in [-0.3, -0.25) is 5.41 Å². The summed E-state index contributed by atoms with van der Waals surface area (Å²) in [6, 6.07) is 7.02. The molecule has 0 aliphatic rings. The van der Waals surface area contributed by atoms with E-state index in [0.717, 1.165) is 5.39 Å². The fraction of sp³-hybridized carbons (Fsp3) is 0.0909. The number of methoxy groups -OCH3 is 1. The number of nitrogens with zero attached hydrogens (tertiary/aromatic N) is 1. The lowest BCUT2D eigenvalue weighted by Crippen LogP contribution is -2.12. The molecule has 3 N–H and O–H groups in total. The summed E-state index contributed by atoms with van der Waals surface area (Å²) in [7, 11) is 1.56. The number of nitrogens with two attached hydrogens (primary N) is 1. The van der Waals surface area contributed by atoms with Gasteiger partial charge in [0.2, 0.25) is 0 Å². The Morgan fingerprint density at radius 1 is 1.44 bits per heavy atom. The van der Waals surface area contributed by atoms with Crippen LogP contribution in [0.3, 0.4) is 0 Å². The molecule has 0 amide bonds. The van der Waals surface area contributed by atoms with E-state index < -0.39 is 0 Å². The molecule has 5 heteroatoms. The van der Waals surface area contributed by atoms with Crippen molar-refractivity contribution in [3.8, 4) is 5.75 Å². The molecule has 0 bridgehead atoms. The van der Waals surface area contributed by atoms with Crippen LogP contribution in [0.4, 0.5) is 0 Å². The van der Waals surface area contributed by atoms with Crippen LogP contribution in [-0.4, -0.2) is 17.9 Å². The van der Waals surface area contributed by atoms with Gasteiger partial charge < -0.3 is 10.5 Å². The molecule has 0 saturated carbocycles. The van der Waals surface area contributed by atoms with E-state index in [9.17, 15) is 0 Å². The SMILES string of the molecule is COc1cc2ccc(C(=N)N)nc2cc1Cl. The Bertz CT molecular complexity index is 568. The number of fused-ring (bicyclic) bond motifs is 1. The number of rotatable bonds is 2. The summed E-state index contributed by atoms with van der Waals surface area (Å²) in [6.45, 7) is 0. The maximum atomic E-state index is 7.30. The fourth-order valence-corrected chi connectivity index (χ4v) is 1.67. The summed E-state index contributed by atoms with van der Waals surface area (Å²) in [5, 5.41) is 8.68. The molecule has 0 radical (unpaired) electrons. The third-order valence-electron chi connectivity index (χ3n) is 2.24. The Hall–Kier alpha value is -1.81. The Morgan fingerprint density at radius 2 is 2.19 bits per heavy atom. The minimum atomic E-state index is -0.0613. The molecule has 82 valence electrons. The number of pyridine rings is 1. The Morgan fingerprint density at radius 3 is 2.81 bits per heavy atom. The lowest BCUT2D eigenvalue weighted by Gasteiger charge is -2.06. The molecule has 1 aromatic heterocycles. The van der Waals surface area contributed by atoms with Crippen LogP contribution in [0, 0.1) is 5.41 Å². The zero-order chi connectivity index (χ0) is 11.7. The second-order valence-corrected chi connectivity index (χ2v) is 3.70. The van der Waals surface area contributed by atoms with Crippen molar-refractivity contribution in [3.05, 3.63) is 35.0 Å². The molecule has 2 aromatic rings. The van der Waals surface area contributed by atoms with E-state index in [1.807, 2.05) is 6.07 Å². The van der Waals surface area contributed by atoms with Gasteiger partial charge in [-0.1, -0.05) is 17.7 Å². The first-order valence-electron chi connectivity index (χ1n) is 4.60. The monoisotopic (exact) mass is 235 g/mol. The Kier molecular flexibility index (Phi) is 2.66. The molecule has 16 heavy (non-hydrogen) atoms. The number of benzene rings is 1. The minimum absolute atomic E-state index is 0.0613. The first-order valence-corrected chi connectivity index (χ1v) is 4.98. The van der Waals surface area contributed by atoms with Gasteiger partial charge in [0, 0.05) is 5.39 Å². The van der Waals surface area contributed by atoms with Crippen molar-refractivity contribution in [1.82, 2.24) is 4.98 Å². The Labute approximate surface area is 97.5 Å². The van der Waals surface area contributed by atoms with E-state index in [-0.39, 0.29) is 5.84 Å². The summed E-state index contributed by atoms with van der Waals surface area (Å²) in [5.74, 6) is 0.542. The smallest absolute Gasteiger partial charge is 0.141 e. The van der Waals surface area contributed by atoms with Crippen molar-refractivity contribution < 1.29 is 4.74 Å². The van der Waals surface area contributed by atoms with Crippen molar-refractivity contribution >= 4 is 28.3 Å². The van der Waals surface area contributed by atoms with Crippen LogP contribution >= 0.6 is 11.6 Å². The number of aromatic nitrogens is 1. The van der Waals surface area contributed by atoms with Crippen molar-refractivity contribution in [2.45, 2.75) is 0 Å². The summed E-state index contributed by atoms with van der Waals surface area (Å²) in [4.78, 5) is 4.22. The average molecular weight is 236 g/mol. The van der Waals surface area contributed by atoms with Gasteiger partial charge in [0.1, 0.15) is 17.3 Å². The normalized spacial score (nSPS) is 10.4. The van der Waals surface area contributed by atoms with Gasteiger partial charge in [-0.05, 0) is 18.2 Å². The highest BCUT2D eigenvalue weighted by Gasteiger charge is 2.06.